The fraction of sp³-hybridized carbons (Fsp3) is 0.368. The topological polar surface area (TPSA) is 47.9 Å². The van der Waals surface area contributed by atoms with Crippen molar-refractivity contribution in [1.82, 2.24) is 15.2 Å². The van der Waals surface area contributed by atoms with Gasteiger partial charge in [-0.25, -0.2) is 5.43 Å². The van der Waals surface area contributed by atoms with Crippen LogP contribution in [0.4, 0.5) is 0 Å². The molecule has 1 aliphatic rings. The minimum atomic E-state index is -0.0741. The van der Waals surface area contributed by atoms with Crippen LogP contribution >= 0.6 is 22.9 Å². The van der Waals surface area contributed by atoms with Crippen LogP contribution in [0, 0.1) is 6.92 Å². The maximum Gasteiger partial charge on any atom is 0.254 e. The molecule has 3 rings (SSSR count). The summed E-state index contributed by atoms with van der Waals surface area (Å²) in [5.74, 6) is -0.0741. The van der Waals surface area contributed by atoms with Gasteiger partial charge >= 0.3 is 0 Å². The summed E-state index contributed by atoms with van der Waals surface area (Å²) in [4.78, 5) is 17.6. The molecule has 0 radical (unpaired) electrons. The lowest BCUT2D eigenvalue weighted by Gasteiger charge is -2.34. The number of halogens is 1. The van der Waals surface area contributed by atoms with Crippen LogP contribution in [0.3, 0.4) is 0 Å². The predicted molar refractivity (Wildman–Crippen MR) is 108 cm³/mol. The van der Waals surface area contributed by atoms with Crippen molar-refractivity contribution in [2.75, 3.05) is 32.7 Å². The number of piperazine rings is 1. The number of nitrogens with one attached hydrogen (secondary N) is 1. The number of hydrazone groups is 1. The van der Waals surface area contributed by atoms with E-state index in [1.807, 2.05) is 36.6 Å². The molecule has 7 heteroatoms. The van der Waals surface area contributed by atoms with E-state index in [1.165, 1.54) is 5.56 Å². The van der Waals surface area contributed by atoms with E-state index in [2.05, 4.69) is 26.4 Å². The number of hydrogen-bond donors (Lipinski definition) is 1. The van der Waals surface area contributed by atoms with Crippen molar-refractivity contribution < 1.29 is 4.79 Å². The molecule has 2 heterocycles. The first kappa shape index (κ1) is 19.0. The van der Waals surface area contributed by atoms with Crippen LogP contribution in [0.15, 0.2) is 40.8 Å². The lowest BCUT2D eigenvalue weighted by Crippen LogP contribution is -2.48. The van der Waals surface area contributed by atoms with Gasteiger partial charge in [-0.15, -0.1) is 11.3 Å². The second-order valence-electron chi connectivity index (χ2n) is 6.40. The Balaban J connectivity index is 1.39. The van der Waals surface area contributed by atoms with Crippen molar-refractivity contribution >= 4 is 35.1 Å². The largest absolute Gasteiger partial charge is 0.296 e. The second kappa shape index (κ2) is 9.28. The first-order valence-corrected chi connectivity index (χ1v) is 9.91. The maximum absolute atomic E-state index is 12.0. The van der Waals surface area contributed by atoms with Crippen LogP contribution in [0.25, 0.3) is 0 Å². The molecule has 0 unspecified atom stereocenters. The van der Waals surface area contributed by atoms with E-state index >= 15 is 0 Å². The Bertz CT molecular complexity index is 768. The highest BCUT2D eigenvalue weighted by molar-refractivity contribution is 7.11. The Hall–Kier alpha value is -1.73. The molecule has 0 aliphatic carbocycles. The van der Waals surface area contributed by atoms with E-state index in [0.717, 1.165) is 48.2 Å². The number of nitrogens with zero attached hydrogens (tertiary/aromatic N) is 3. The molecule has 0 atom stereocenters. The minimum absolute atomic E-state index is 0.0741. The highest BCUT2D eigenvalue weighted by Crippen LogP contribution is 2.17. The average molecular weight is 391 g/mol. The van der Waals surface area contributed by atoms with E-state index in [4.69, 9.17) is 11.6 Å². The monoisotopic (exact) mass is 390 g/mol. The number of carbonyl (C=O) groups excluding carboxylic acids is 1. The van der Waals surface area contributed by atoms with Crippen molar-refractivity contribution in [2.45, 2.75) is 13.5 Å². The first-order chi connectivity index (χ1) is 12.6. The zero-order valence-corrected chi connectivity index (χ0v) is 16.4. The molecule has 1 saturated heterocycles. The molecule has 1 fully saturated rings. The van der Waals surface area contributed by atoms with Crippen LogP contribution < -0.4 is 5.43 Å². The maximum atomic E-state index is 12.0. The molecular weight excluding hydrogens is 368 g/mol. The van der Waals surface area contributed by atoms with Gasteiger partial charge in [0, 0.05) is 42.6 Å². The molecular formula is C19H23ClN4OS. The summed E-state index contributed by atoms with van der Waals surface area (Å²) in [6.07, 6.45) is 1.71. The number of hydrogen-bond acceptors (Lipinski definition) is 5. The molecule has 138 valence electrons. The third-order valence-corrected chi connectivity index (χ3v) is 5.78. The molecule has 2 aromatic rings. The Morgan fingerprint density at radius 3 is 2.65 bits per heavy atom. The number of carbonyl (C=O) groups is 1. The van der Waals surface area contributed by atoms with Crippen molar-refractivity contribution in [2.24, 2.45) is 5.10 Å². The molecule has 1 aromatic carbocycles. The normalized spacial score (nSPS) is 16.2. The predicted octanol–water partition coefficient (Wildman–Crippen LogP) is 2.98. The minimum Gasteiger partial charge on any atom is -0.296 e. The highest BCUT2D eigenvalue weighted by atomic mass is 35.5. The van der Waals surface area contributed by atoms with Gasteiger partial charge in [0.15, 0.2) is 0 Å². The summed E-state index contributed by atoms with van der Waals surface area (Å²) in [5.41, 5.74) is 4.94. The van der Waals surface area contributed by atoms with E-state index in [1.54, 1.807) is 17.6 Å². The molecule has 0 saturated carbocycles. The Labute approximate surface area is 163 Å². The van der Waals surface area contributed by atoms with E-state index < -0.39 is 0 Å². The van der Waals surface area contributed by atoms with Gasteiger partial charge in [-0.1, -0.05) is 29.8 Å². The van der Waals surface area contributed by atoms with E-state index in [-0.39, 0.29) is 5.91 Å². The van der Waals surface area contributed by atoms with Crippen molar-refractivity contribution in [3.8, 4) is 0 Å². The third-order valence-electron chi connectivity index (χ3n) is 4.46. The van der Waals surface area contributed by atoms with Gasteiger partial charge in [0.05, 0.1) is 12.8 Å². The van der Waals surface area contributed by atoms with Crippen molar-refractivity contribution in [3.05, 3.63) is 56.7 Å². The summed E-state index contributed by atoms with van der Waals surface area (Å²) >= 11 is 7.85. The zero-order valence-electron chi connectivity index (χ0n) is 14.8. The standard InChI is InChI=1S/C19H23ClN4OS/c1-15-6-11-26-18(15)12-21-22-19(25)14-24-9-7-23(8-10-24)13-16-4-2-3-5-17(16)20/h2-6,11-12H,7-10,13-14H2,1H3,(H,22,25)/b21-12+. The molecule has 26 heavy (non-hydrogen) atoms. The van der Waals surface area contributed by atoms with Gasteiger partial charge in [0.25, 0.3) is 5.91 Å². The smallest absolute Gasteiger partial charge is 0.254 e. The SMILES string of the molecule is Cc1ccsc1/C=N/NC(=O)CN1CCN(Cc2ccccc2Cl)CC1. The number of amides is 1. The lowest BCUT2D eigenvalue weighted by molar-refractivity contribution is -0.122. The summed E-state index contributed by atoms with van der Waals surface area (Å²) in [7, 11) is 0. The average Bonchev–Trinajstić information content (AvgIpc) is 3.04. The van der Waals surface area contributed by atoms with E-state index in [0.29, 0.717) is 6.54 Å². The highest BCUT2D eigenvalue weighted by Gasteiger charge is 2.19. The Kier molecular flexibility index (Phi) is 6.80. The Morgan fingerprint density at radius 2 is 1.96 bits per heavy atom. The summed E-state index contributed by atoms with van der Waals surface area (Å²) < 4.78 is 0. The van der Waals surface area contributed by atoms with Gasteiger partial charge in [-0.2, -0.15) is 5.10 Å². The second-order valence-corrected chi connectivity index (χ2v) is 7.76. The fourth-order valence-corrected chi connectivity index (χ4v) is 3.87. The molecule has 1 amide bonds. The lowest BCUT2D eigenvalue weighted by atomic mass is 10.2. The van der Waals surface area contributed by atoms with Crippen LogP contribution in [0.2, 0.25) is 5.02 Å². The summed E-state index contributed by atoms with van der Waals surface area (Å²) in [6.45, 7) is 6.84. The Morgan fingerprint density at radius 1 is 1.23 bits per heavy atom. The zero-order chi connectivity index (χ0) is 18.4. The number of thiophene rings is 1. The molecule has 1 N–H and O–H groups in total. The summed E-state index contributed by atoms with van der Waals surface area (Å²) in [6, 6.07) is 9.99. The van der Waals surface area contributed by atoms with Gasteiger partial charge in [0.2, 0.25) is 0 Å². The van der Waals surface area contributed by atoms with Gasteiger partial charge in [0.1, 0.15) is 0 Å². The molecule has 1 aromatic heterocycles. The molecule has 5 nitrogen and oxygen atoms in total. The van der Waals surface area contributed by atoms with Crippen LogP contribution in [0.1, 0.15) is 16.0 Å². The number of rotatable bonds is 6. The third kappa shape index (κ3) is 5.38. The number of aryl methyl sites for hydroxylation is 1. The number of benzene rings is 1. The summed E-state index contributed by atoms with van der Waals surface area (Å²) in [5, 5.41) is 6.88. The van der Waals surface area contributed by atoms with Gasteiger partial charge < -0.3 is 0 Å². The first-order valence-electron chi connectivity index (χ1n) is 8.66. The van der Waals surface area contributed by atoms with Crippen molar-refractivity contribution in [3.63, 3.8) is 0 Å². The van der Waals surface area contributed by atoms with Crippen molar-refractivity contribution in [1.29, 1.82) is 0 Å². The molecule has 0 spiro atoms. The van der Waals surface area contributed by atoms with Crippen LogP contribution in [0.5, 0.6) is 0 Å². The van der Waals surface area contributed by atoms with E-state index in [9.17, 15) is 4.79 Å². The molecule has 1 aliphatic heterocycles. The van der Waals surface area contributed by atoms with Gasteiger partial charge in [-0.3, -0.25) is 14.6 Å². The fourth-order valence-electron chi connectivity index (χ4n) is 2.89. The molecule has 0 bridgehead atoms. The van der Waals surface area contributed by atoms with Crippen LogP contribution in [-0.2, 0) is 11.3 Å². The quantitative estimate of drug-likeness (QED) is 0.609. The van der Waals surface area contributed by atoms with Gasteiger partial charge in [-0.05, 0) is 35.6 Å². The van der Waals surface area contributed by atoms with Crippen LogP contribution in [-0.4, -0.2) is 54.6 Å².